The molecular weight excluding hydrogens is 168 g/mol. The molecule has 0 aliphatic carbocycles. The molecule has 11 heavy (non-hydrogen) atoms. The Bertz CT molecular complexity index is 146. The van der Waals surface area contributed by atoms with E-state index in [4.69, 9.17) is 16.2 Å². The van der Waals surface area contributed by atoms with Crippen molar-refractivity contribution in [2.24, 2.45) is 11.5 Å². The minimum Gasteiger partial charge on any atom is -0.379 e. The van der Waals surface area contributed by atoms with Crippen molar-refractivity contribution >= 4 is 18.3 Å². The van der Waals surface area contributed by atoms with E-state index in [0.29, 0.717) is 13.0 Å². The summed E-state index contributed by atoms with van der Waals surface area (Å²) in [4.78, 5) is 10.7. The molecule has 0 aromatic carbocycles. The molecule has 4 N–H and O–H groups in total. The van der Waals surface area contributed by atoms with Crippen LogP contribution in [0.3, 0.4) is 0 Å². The lowest BCUT2D eigenvalue weighted by Gasteiger charge is -2.29. The monoisotopic (exact) mass is 180 g/mol. The quantitative estimate of drug-likeness (QED) is 0.566. The first kappa shape index (κ1) is 10.7. The van der Waals surface area contributed by atoms with E-state index >= 15 is 0 Å². The van der Waals surface area contributed by atoms with Crippen molar-refractivity contribution in [3.05, 3.63) is 0 Å². The summed E-state index contributed by atoms with van der Waals surface area (Å²) >= 11 is 0. The maximum absolute atomic E-state index is 10.7. The van der Waals surface area contributed by atoms with Crippen LogP contribution in [0.4, 0.5) is 0 Å². The number of hydrogen-bond acceptors (Lipinski definition) is 3. The van der Waals surface area contributed by atoms with E-state index in [0.717, 1.165) is 6.42 Å². The largest absolute Gasteiger partial charge is 0.379 e. The molecule has 1 fully saturated rings. The van der Waals surface area contributed by atoms with E-state index in [-0.39, 0.29) is 19.0 Å². The number of amides is 1. The summed E-state index contributed by atoms with van der Waals surface area (Å²) in [5.41, 5.74) is 9.76. The molecule has 1 rings (SSSR count). The van der Waals surface area contributed by atoms with Crippen molar-refractivity contribution in [3.63, 3.8) is 0 Å². The molecule has 1 saturated heterocycles. The van der Waals surface area contributed by atoms with Gasteiger partial charge in [-0.25, -0.2) is 0 Å². The number of ether oxygens (including phenoxy) is 1. The molecule has 66 valence electrons. The average Bonchev–Trinajstić information content (AvgIpc) is 1.89. The fourth-order valence-electron chi connectivity index (χ4n) is 1.01. The molecule has 1 atom stereocenters. The second-order valence-electron chi connectivity index (χ2n) is 2.68. The van der Waals surface area contributed by atoms with Crippen molar-refractivity contribution in [3.8, 4) is 0 Å². The van der Waals surface area contributed by atoms with Gasteiger partial charge >= 0.3 is 0 Å². The van der Waals surface area contributed by atoms with Crippen molar-refractivity contribution in [2.45, 2.75) is 18.4 Å². The Morgan fingerprint density at radius 1 is 1.55 bits per heavy atom. The number of hydrogen-bond donors (Lipinski definition) is 2. The number of rotatable bonds is 1. The van der Waals surface area contributed by atoms with Crippen molar-refractivity contribution in [1.29, 1.82) is 0 Å². The number of carbonyl (C=O) groups excluding carboxylic acids is 1. The summed E-state index contributed by atoms with van der Waals surface area (Å²) in [5.74, 6) is -0.466. The fraction of sp³-hybridized carbons (Fsp3) is 0.833. The number of nitrogens with two attached hydrogens (primary N) is 2. The highest BCUT2D eigenvalue weighted by Gasteiger charge is 2.33. The third-order valence-electron chi connectivity index (χ3n) is 1.76. The van der Waals surface area contributed by atoms with Crippen LogP contribution in [0.25, 0.3) is 0 Å². The van der Waals surface area contributed by atoms with Crippen LogP contribution in [0.5, 0.6) is 0 Å². The topological polar surface area (TPSA) is 78.3 Å². The lowest BCUT2D eigenvalue weighted by atomic mass is 9.93. The number of carbonyl (C=O) groups is 1. The van der Waals surface area contributed by atoms with Gasteiger partial charge in [-0.1, -0.05) is 0 Å². The highest BCUT2D eigenvalue weighted by atomic mass is 35.5. The first-order valence-corrected chi connectivity index (χ1v) is 3.32. The van der Waals surface area contributed by atoms with Crippen LogP contribution in [-0.4, -0.2) is 24.7 Å². The van der Waals surface area contributed by atoms with Crippen molar-refractivity contribution in [1.82, 2.24) is 0 Å². The number of halogens is 1. The summed E-state index contributed by atoms with van der Waals surface area (Å²) < 4.78 is 5.02. The molecule has 0 saturated carbocycles. The van der Waals surface area contributed by atoms with Gasteiger partial charge in [0.2, 0.25) is 5.91 Å². The van der Waals surface area contributed by atoms with Crippen LogP contribution in [0.1, 0.15) is 12.8 Å². The highest BCUT2D eigenvalue weighted by molar-refractivity contribution is 5.85. The van der Waals surface area contributed by atoms with E-state index < -0.39 is 11.4 Å². The molecule has 5 heteroatoms. The predicted molar refractivity (Wildman–Crippen MR) is 43.4 cm³/mol. The third kappa shape index (κ3) is 2.32. The Balaban J connectivity index is 0.000001000. The molecule has 1 amide bonds. The molecule has 0 aromatic rings. The van der Waals surface area contributed by atoms with Crippen LogP contribution < -0.4 is 11.5 Å². The zero-order valence-electron chi connectivity index (χ0n) is 6.21. The van der Waals surface area contributed by atoms with Crippen molar-refractivity contribution < 1.29 is 9.53 Å². The van der Waals surface area contributed by atoms with Crippen LogP contribution in [-0.2, 0) is 9.53 Å². The average molecular weight is 181 g/mol. The van der Waals surface area contributed by atoms with E-state index in [1.54, 1.807) is 0 Å². The van der Waals surface area contributed by atoms with E-state index in [9.17, 15) is 4.79 Å². The molecule has 1 unspecified atom stereocenters. The van der Waals surface area contributed by atoms with Crippen LogP contribution >= 0.6 is 12.4 Å². The Morgan fingerprint density at radius 2 is 2.18 bits per heavy atom. The Labute approximate surface area is 71.7 Å². The van der Waals surface area contributed by atoms with E-state index in [1.807, 2.05) is 0 Å². The van der Waals surface area contributed by atoms with Gasteiger partial charge in [-0.05, 0) is 12.8 Å². The van der Waals surface area contributed by atoms with Gasteiger partial charge in [0.15, 0.2) is 0 Å². The first-order chi connectivity index (χ1) is 4.65. The predicted octanol–water partition coefficient (Wildman–Crippen LogP) is -0.599. The Kier molecular flexibility index (Phi) is 3.78. The Morgan fingerprint density at radius 3 is 2.45 bits per heavy atom. The van der Waals surface area contributed by atoms with Gasteiger partial charge in [0.05, 0.1) is 6.61 Å². The van der Waals surface area contributed by atoms with Gasteiger partial charge < -0.3 is 16.2 Å². The number of primary amides is 1. The third-order valence-corrected chi connectivity index (χ3v) is 1.76. The molecule has 1 aliphatic rings. The zero-order chi connectivity index (χ0) is 7.61. The first-order valence-electron chi connectivity index (χ1n) is 3.32. The zero-order valence-corrected chi connectivity index (χ0v) is 7.02. The second kappa shape index (κ2) is 3.90. The normalized spacial score (nSPS) is 30.6. The summed E-state index contributed by atoms with van der Waals surface area (Å²) in [6.45, 7) is 0.953. The van der Waals surface area contributed by atoms with E-state index in [1.165, 1.54) is 0 Å². The van der Waals surface area contributed by atoms with E-state index in [2.05, 4.69) is 0 Å². The summed E-state index contributed by atoms with van der Waals surface area (Å²) in [5, 5.41) is 0. The minimum atomic E-state index is -0.905. The molecule has 0 aromatic heterocycles. The fourth-order valence-corrected chi connectivity index (χ4v) is 1.01. The second-order valence-corrected chi connectivity index (χ2v) is 2.68. The van der Waals surface area contributed by atoms with Crippen LogP contribution in [0.15, 0.2) is 0 Å². The van der Waals surface area contributed by atoms with Gasteiger partial charge in [0, 0.05) is 6.61 Å². The molecule has 1 heterocycles. The molecule has 4 nitrogen and oxygen atoms in total. The molecular formula is C6H13ClN2O2. The summed E-state index contributed by atoms with van der Waals surface area (Å²) in [7, 11) is 0. The standard InChI is InChI=1S/C6H12N2O2.ClH/c7-5(9)6(8)2-1-3-10-4-6;/h1-4,8H2,(H2,7,9);1H. The molecule has 1 aliphatic heterocycles. The van der Waals surface area contributed by atoms with Crippen LogP contribution in [0, 0.1) is 0 Å². The summed E-state index contributed by atoms with van der Waals surface area (Å²) in [6, 6.07) is 0. The van der Waals surface area contributed by atoms with Gasteiger partial charge in [0.25, 0.3) is 0 Å². The summed E-state index contributed by atoms with van der Waals surface area (Å²) in [6.07, 6.45) is 1.46. The Hall–Kier alpha value is -0.320. The van der Waals surface area contributed by atoms with Crippen LogP contribution in [0.2, 0.25) is 0 Å². The minimum absolute atomic E-state index is 0. The highest BCUT2D eigenvalue weighted by Crippen LogP contribution is 2.14. The smallest absolute Gasteiger partial charge is 0.239 e. The molecule has 0 radical (unpaired) electrons. The lowest BCUT2D eigenvalue weighted by Crippen LogP contribution is -2.57. The molecule has 0 bridgehead atoms. The van der Waals surface area contributed by atoms with Gasteiger partial charge in [-0.2, -0.15) is 0 Å². The van der Waals surface area contributed by atoms with Crippen molar-refractivity contribution in [2.75, 3.05) is 13.2 Å². The lowest BCUT2D eigenvalue weighted by molar-refractivity contribution is -0.127. The van der Waals surface area contributed by atoms with Gasteiger partial charge in [0.1, 0.15) is 5.54 Å². The van der Waals surface area contributed by atoms with Gasteiger partial charge in [-0.3, -0.25) is 4.79 Å². The SMILES string of the molecule is Cl.NC(=O)C1(N)CCCOC1. The maximum atomic E-state index is 10.7. The van der Waals surface area contributed by atoms with Gasteiger partial charge in [-0.15, -0.1) is 12.4 Å². The molecule has 0 spiro atoms. The maximum Gasteiger partial charge on any atom is 0.239 e.